The highest BCUT2D eigenvalue weighted by molar-refractivity contribution is 5.91. The number of rotatable bonds is 2. The standard InChI is InChI=1S/C27H20O4/c28-25(31-24-15-7-9-17-8-1-2-10-18(17)24)23-16-26(29)19-11-3-5-13-21(19)27(23,30)22-14-6-4-12-20(22)26/h1-15,23,29-30H,16H2. The van der Waals surface area contributed by atoms with E-state index < -0.39 is 23.1 Å². The molecule has 1 unspecified atom stereocenters. The first-order valence-electron chi connectivity index (χ1n) is 10.4. The Kier molecular flexibility index (Phi) is 3.70. The molecule has 4 aromatic carbocycles. The van der Waals surface area contributed by atoms with E-state index in [2.05, 4.69) is 0 Å². The van der Waals surface area contributed by atoms with Crippen LogP contribution in [0, 0.1) is 5.92 Å². The number of fused-ring (bicyclic) bond motifs is 2. The van der Waals surface area contributed by atoms with Gasteiger partial charge in [0.2, 0.25) is 0 Å². The Labute approximate surface area is 179 Å². The van der Waals surface area contributed by atoms with Crippen molar-refractivity contribution >= 4 is 16.7 Å². The highest BCUT2D eigenvalue weighted by Gasteiger charge is 2.62. The van der Waals surface area contributed by atoms with Gasteiger partial charge >= 0.3 is 5.97 Å². The molecule has 0 aliphatic heterocycles. The quantitative estimate of drug-likeness (QED) is 0.384. The first-order chi connectivity index (χ1) is 15.0. The van der Waals surface area contributed by atoms with Crippen molar-refractivity contribution in [1.82, 2.24) is 0 Å². The molecule has 0 saturated heterocycles. The summed E-state index contributed by atoms with van der Waals surface area (Å²) in [6, 6.07) is 27.8. The molecular weight excluding hydrogens is 388 g/mol. The molecule has 0 radical (unpaired) electrons. The van der Waals surface area contributed by atoms with E-state index in [0.717, 1.165) is 10.8 Å². The molecule has 0 amide bonds. The third kappa shape index (κ3) is 2.34. The van der Waals surface area contributed by atoms with Crippen molar-refractivity contribution in [3.63, 3.8) is 0 Å². The second kappa shape index (κ2) is 6.27. The molecule has 4 nitrogen and oxygen atoms in total. The molecule has 0 aromatic heterocycles. The van der Waals surface area contributed by atoms with Crippen LogP contribution in [0.5, 0.6) is 5.75 Å². The molecule has 2 N–H and O–H groups in total. The van der Waals surface area contributed by atoms with Crippen LogP contribution in [0.25, 0.3) is 10.8 Å². The topological polar surface area (TPSA) is 66.8 Å². The Morgan fingerprint density at radius 2 is 1.29 bits per heavy atom. The first kappa shape index (κ1) is 18.3. The number of hydrogen-bond donors (Lipinski definition) is 2. The molecule has 7 rings (SSSR count). The minimum absolute atomic E-state index is 0.0567. The van der Waals surface area contributed by atoms with E-state index in [9.17, 15) is 15.0 Å². The lowest BCUT2D eigenvalue weighted by Gasteiger charge is -2.53. The van der Waals surface area contributed by atoms with Crippen LogP contribution >= 0.6 is 0 Å². The van der Waals surface area contributed by atoms with Crippen LogP contribution in [0.1, 0.15) is 28.7 Å². The number of benzene rings is 4. The molecule has 3 aliphatic carbocycles. The number of ether oxygens (including phenoxy) is 1. The van der Waals surface area contributed by atoms with Gasteiger partial charge in [-0.1, -0.05) is 84.9 Å². The van der Waals surface area contributed by atoms with Gasteiger partial charge in [0.25, 0.3) is 0 Å². The van der Waals surface area contributed by atoms with Crippen LogP contribution in [0.4, 0.5) is 0 Å². The van der Waals surface area contributed by atoms with Gasteiger partial charge in [-0.2, -0.15) is 0 Å². The number of hydrogen-bond acceptors (Lipinski definition) is 4. The minimum Gasteiger partial charge on any atom is -0.426 e. The highest BCUT2D eigenvalue weighted by atomic mass is 16.5. The molecule has 0 saturated carbocycles. The second-order valence-electron chi connectivity index (χ2n) is 8.37. The third-order valence-corrected chi connectivity index (χ3v) is 6.82. The Morgan fingerprint density at radius 3 is 1.97 bits per heavy atom. The highest BCUT2D eigenvalue weighted by Crippen LogP contribution is 2.59. The predicted molar refractivity (Wildman–Crippen MR) is 117 cm³/mol. The molecule has 1 atom stereocenters. The van der Waals surface area contributed by atoms with E-state index in [-0.39, 0.29) is 6.42 Å². The molecule has 4 heteroatoms. The number of carbonyl (C=O) groups excluding carboxylic acids is 1. The number of esters is 1. The van der Waals surface area contributed by atoms with E-state index in [4.69, 9.17) is 4.74 Å². The Bertz CT molecular complexity index is 1300. The zero-order valence-corrected chi connectivity index (χ0v) is 16.7. The first-order valence-corrected chi connectivity index (χ1v) is 10.4. The lowest BCUT2D eigenvalue weighted by Crippen LogP contribution is -2.57. The lowest BCUT2D eigenvalue weighted by atomic mass is 9.54. The Morgan fingerprint density at radius 1 is 0.742 bits per heavy atom. The van der Waals surface area contributed by atoms with Crippen molar-refractivity contribution in [1.29, 1.82) is 0 Å². The maximum atomic E-state index is 13.5. The van der Waals surface area contributed by atoms with Crippen LogP contribution in [-0.2, 0) is 16.0 Å². The van der Waals surface area contributed by atoms with E-state index in [1.165, 1.54) is 0 Å². The average molecular weight is 408 g/mol. The van der Waals surface area contributed by atoms with Gasteiger partial charge in [0.15, 0.2) is 0 Å². The number of aliphatic hydroxyl groups is 2. The summed E-state index contributed by atoms with van der Waals surface area (Å²) >= 11 is 0. The van der Waals surface area contributed by atoms with Gasteiger partial charge in [-0.05, 0) is 33.7 Å². The van der Waals surface area contributed by atoms with Gasteiger partial charge in [0.1, 0.15) is 17.0 Å². The van der Waals surface area contributed by atoms with E-state index in [0.29, 0.717) is 28.0 Å². The molecule has 0 spiro atoms. The SMILES string of the molecule is O=C(Oc1cccc2ccccc12)C1CC2(O)c3ccccc3C1(O)c1ccccc12. The fraction of sp³-hybridized carbons (Fsp3) is 0.148. The van der Waals surface area contributed by atoms with Crippen LogP contribution < -0.4 is 4.74 Å². The Balaban J connectivity index is 1.49. The lowest BCUT2D eigenvalue weighted by molar-refractivity contribution is -0.157. The summed E-state index contributed by atoms with van der Waals surface area (Å²) in [5, 5.41) is 25.6. The van der Waals surface area contributed by atoms with Crippen molar-refractivity contribution < 1.29 is 19.7 Å². The predicted octanol–water partition coefficient (Wildman–Crippen LogP) is 4.25. The van der Waals surface area contributed by atoms with Crippen LogP contribution in [0.2, 0.25) is 0 Å². The van der Waals surface area contributed by atoms with Crippen molar-refractivity contribution in [2.45, 2.75) is 17.6 Å². The minimum atomic E-state index is -1.57. The number of carbonyl (C=O) groups is 1. The normalized spacial score (nSPS) is 25.7. The Hall–Kier alpha value is -3.47. The van der Waals surface area contributed by atoms with Gasteiger partial charge in [-0.15, -0.1) is 0 Å². The molecule has 3 aliphatic rings. The molecule has 152 valence electrons. The summed E-state index contributed by atoms with van der Waals surface area (Å²) in [4.78, 5) is 13.5. The van der Waals surface area contributed by atoms with Gasteiger partial charge in [0, 0.05) is 11.8 Å². The second-order valence-corrected chi connectivity index (χ2v) is 8.37. The molecule has 0 fully saturated rings. The van der Waals surface area contributed by atoms with Crippen molar-refractivity contribution in [2.75, 3.05) is 0 Å². The summed E-state index contributed by atoms with van der Waals surface area (Å²) in [5.74, 6) is -1.05. The molecule has 0 heterocycles. The van der Waals surface area contributed by atoms with Crippen molar-refractivity contribution in [3.05, 3.63) is 113 Å². The van der Waals surface area contributed by atoms with E-state index >= 15 is 0 Å². The summed E-state index contributed by atoms with van der Waals surface area (Å²) in [6.45, 7) is 0. The summed E-state index contributed by atoms with van der Waals surface area (Å²) in [6.07, 6.45) is 0.0567. The summed E-state index contributed by atoms with van der Waals surface area (Å²) in [5.41, 5.74) is -0.528. The van der Waals surface area contributed by atoms with E-state index in [1.807, 2.05) is 72.8 Å². The van der Waals surface area contributed by atoms with Crippen LogP contribution in [-0.4, -0.2) is 16.2 Å². The fourth-order valence-corrected chi connectivity index (χ4v) is 5.40. The smallest absolute Gasteiger partial charge is 0.318 e. The molecule has 2 bridgehead atoms. The van der Waals surface area contributed by atoms with Crippen molar-refractivity contribution in [2.24, 2.45) is 5.92 Å². The van der Waals surface area contributed by atoms with Crippen LogP contribution in [0.15, 0.2) is 91.0 Å². The third-order valence-electron chi connectivity index (χ3n) is 6.82. The average Bonchev–Trinajstić information content (AvgIpc) is 2.81. The monoisotopic (exact) mass is 408 g/mol. The molecular formula is C27H20O4. The maximum Gasteiger partial charge on any atom is 0.318 e. The van der Waals surface area contributed by atoms with Gasteiger partial charge in [-0.3, -0.25) is 4.79 Å². The van der Waals surface area contributed by atoms with E-state index in [1.54, 1.807) is 18.2 Å². The van der Waals surface area contributed by atoms with Crippen molar-refractivity contribution in [3.8, 4) is 5.75 Å². The fourth-order valence-electron chi connectivity index (χ4n) is 5.40. The van der Waals surface area contributed by atoms with Crippen LogP contribution in [0.3, 0.4) is 0 Å². The van der Waals surface area contributed by atoms with Gasteiger partial charge in [-0.25, -0.2) is 0 Å². The molecule has 4 aromatic rings. The maximum absolute atomic E-state index is 13.5. The molecule has 31 heavy (non-hydrogen) atoms. The zero-order chi connectivity index (χ0) is 21.2. The zero-order valence-electron chi connectivity index (χ0n) is 16.7. The van der Waals surface area contributed by atoms with Gasteiger partial charge < -0.3 is 14.9 Å². The van der Waals surface area contributed by atoms with Gasteiger partial charge in [0.05, 0.1) is 5.92 Å². The summed E-state index contributed by atoms with van der Waals surface area (Å²) in [7, 11) is 0. The summed E-state index contributed by atoms with van der Waals surface area (Å²) < 4.78 is 5.85. The largest absolute Gasteiger partial charge is 0.426 e.